The number of halogens is 1. The molecule has 1 N–H and O–H groups in total. The van der Waals surface area contributed by atoms with Crippen LogP contribution in [0.2, 0.25) is 5.02 Å². The predicted molar refractivity (Wildman–Crippen MR) is 108 cm³/mol. The molecule has 2 aromatic carbocycles. The van der Waals surface area contributed by atoms with E-state index in [4.69, 9.17) is 11.6 Å². The SMILES string of the molecule is COC(=O)c1cc(NC(=O)c2ccc(N(C)S(=O)(=O)N(C)C)cc2)ccc1Cl. The van der Waals surface area contributed by atoms with Crippen molar-refractivity contribution in [3.63, 3.8) is 0 Å². The number of hydrogen-bond donors (Lipinski definition) is 1. The van der Waals surface area contributed by atoms with Gasteiger partial charge in [0.15, 0.2) is 0 Å². The first-order valence-electron chi connectivity index (χ1n) is 8.03. The molecule has 1 amide bonds. The van der Waals surface area contributed by atoms with Crippen molar-refractivity contribution < 1.29 is 22.7 Å². The second-order valence-electron chi connectivity index (χ2n) is 5.94. The zero-order chi connectivity index (χ0) is 21.1. The Labute approximate surface area is 168 Å². The molecular formula is C18H20ClN3O5S. The molecule has 2 aromatic rings. The fraction of sp³-hybridized carbons (Fsp3) is 0.222. The summed E-state index contributed by atoms with van der Waals surface area (Å²) < 4.78 is 31.2. The molecule has 0 heterocycles. The molecular weight excluding hydrogens is 406 g/mol. The van der Waals surface area contributed by atoms with Crippen LogP contribution in [-0.4, -0.2) is 52.9 Å². The monoisotopic (exact) mass is 425 g/mol. The Balaban J connectivity index is 2.19. The molecule has 0 aromatic heterocycles. The summed E-state index contributed by atoms with van der Waals surface area (Å²) in [6.45, 7) is 0. The van der Waals surface area contributed by atoms with Gasteiger partial charge in [-0.2, -0.15) is 12.7 Å². The van der Waals surface area contributed by atoms with E-state index in [0.29, 0.717) is 16.9 Å². The van der Waals surface area contributed by atoms with Crippen molar-refractivity contribution in [1.82, 2.24) is 4.31 Å². The van der Waals surface area contributed by atoms with E-state index < -0.39 is 22.1 Å². The van der Waals surface area contributed by atoms with E-state index in [-0.39, 0.29) is 10.6 Å². The molecule has 150 valence electrons. The third kappa shape index (κ3) is 4.61. The summed E-state index contributed by atoms with van der Waals surface area (Å²) in [5.74, 6) is -1.04. The van der Waals surface area contributed by atoms with Crippen molar-refractivity contribution in [3.8, 4) is 0 Å². The maximum absolute atomic E-state index is 12.4. The highest BCUT2D eigenvalue weighted by Crippen LogP contribution is 2.23. The number of hydrogen-bond acceptors (Lipinski definition) is 5. The number of amides is 1. The Morgan fingerprint density at radius 2 is 1.64 bits per heavy atom. The van der Waals surface area contributed by atoms with Crippen LogP contribution in [-0.2, 0) is 14.9 Å². The molecule has 0 atom stereocenters. The minimum absolute atomic E-state index is 0.132. The minimum Gasteiger partial charge on any atom is -0.465 e. The number of carbonyl (C=O) groups excluding carboxylic acids is 2. The van der Waals surface area contributed by atoms with Crippen LogP contribution in [0.5, 0.6) is 0 Å². The van der Waals surface area contributed by atoms with Crippen molar-refractivity contribution >= 4 is 45.1 Å². The maximum atomic E-state index is 12.4. The van der Waals surface area contributed by atoms with Gasteiger partial charge < -0.3 is 10.1 Å². The summed E-state index contributed by atoms with van der Waals surface area (Å²) in [5, 5.41) is 2.86. The molecule has 0 unspecified atom stereocenters. The second-order valence-corrected chi connectivity index (χ2v) is 8.53. The van der Waals surface area contributed by atoms with Gasteiger partial charge in [-0.1, -0.05) is 11.6 Å². The van der Waals surface area contributed by atoms with Crippen molar-refractivity contribution in [2.24, 2.45) is 0 Å². The molecule has 0 radical (unpaired) electrons. The highest BCUT2D eigenvalue weighted by molar-refractivity contribution is 7.90. The van der Waals surface area contributed by atoms with Crippen LogP contribution >= 0.6 is 11.6 Å². The summed E-state index contributed by atoms with van der Waals surface area (Å²) in [4.78, 5) is 24.1. The molecule has 0 aliphatic carbocycles. The van der Waals surface area contributed by atoms with E-state index in [1.165, 1.54) is 64.7 Å². The van der Waals surface area contributed by atoms with Gasteiger partial charge in [-0.3, -0.25) is 9.10 Å². The molecule has 0 spiro atoms. The van der Waals surface area contributed by atoms with Crippen LogP contribution in [0.15, 0.2) is 42.5 Å². The highest BCUT2D eigenvalue weighted by atomic mass is 35.5. The number of nitrogens with one attached hydrogen (secondary N) is 1. The number of anilines is 2. The summed E-state index contributed by atoms with van der Waals surface area (Å²) in [6.07, 6.45) is 0. The Bertz CT molecular complexity index is 991. The van der Waals surface area contributed by atoms with E-state index >= 15 is 0 Å². The van der Waals surface area contributed by atoms with Crippen molar-refractivity contribution in [1.29, 1.82) is 0 Å². The molecule has 2 rings (SSSR count). The molecule has 10 heteroatoms. The van der Waals surface area contributed by atoms with E-state index in [9.17, 15) is 18.0 Å². The topological polar surface area (TPSA) is 96.0 Å². The third-order valence-corrected chi connectivity index (χ3v) is 6.09. The number of carbonyl (C=O) groups is 2. The van der Waals surface area contributed by atoms with Gasteiger partial charge in [0.1, 0.15) is 0 Å². The second kappa shape index (κ2) is 8.59. The number of methoxy groups -OCH3 is 1. The average molecular weight is 426 g/mol. The summed E-state index contributed by atoms with van der Waals surface area (Å²) in [7, 11) is 1.90. The quantitative estimate of drug-likeness (QED) is 0.717. The van der Waals surface area contributed by atoms with Crippen LogP contribution in [0.1, 0.15) is 20.7 Å². The van der Waals surface area contributed by atoms with Crippen LogP contribution < -0.4 is 9.62 Å². The standard InChI is InChI=1S/C18H20ClN3O5S/c1-21(2)28(25,26)22(3)14-8-5-12(6-9-14)17(23)20-13-7-10-16(19)15(11-13)18(24)27-4/h5-11H,1-4H3,(H,20,23). The lowest BCUT2D eigenvalue weighted by atomic mass is 10.1. The van der Waals surface area contributed by atoms with Crippen molar-refractivity contribution in [3.05, 3.63) is 58.6 Å². The number of nitrogens with zero attached hydrogens (tertiary/aromatic N) is 2. The van der Waals surface area contributed by atoms with Gasteiger partial charge >= 0.3 is 16.2 Å². The Hall–Kier alpha value is -2.62. The number of rotatable bonds is 6. The first-order valence-corrected chi connectivity index (χ1v) is 9.81. The fourth-order valence-electron chi connectivity index (χ4n) is 2.27. The highest BCUT2D eigenvalue weighted by Gasteiger charge is 2.21. The number of esters is 1. The van der Waals surface area contributed by atoms with Crippen molar-refractivity contribution in [2.45, 2.75) is 0 Å². The first kappa shape index (κ1) is 21.7. The molecule has 0 aliphatic rings. The molecule has 28 heavy (non-hydrogen) atoms. The molecule has 0 bridgehead atoms. The van der Waals surface area contributed by atoms with Gasteiger partial charge in [0, 0.05) is 32.4 Å². The van der Waals surface area contributed by atoms with Gasteiger partial charge in [-0.25, -0.2) is 4.79 Å². The number of benzene rings is 2. The summed E-state index contributed by atoms with van der Waals surface area (Å²) >= 11 is 5.96. The first-order chi connectivity index (χ1) is 13.1. The molecule has 0 aliphatic heterocycles. The lowest BCUT2D eigenvalue weighted by Gasteiger charge is -2.23. The van der Waals surface area contributed by atoms with Crippen LogP contribution in [0, 0.1) is 0 Å². The summed E-state index contributed by atoms with van der Waals surface area (Å²) in [6, 6.07) is 10.5. The van der Waals surface area contributed by atoms with Crippen LogP contribution in [0.4, 0.5) is 11.4 Å². The zero-order valence-corrected chi connectivity index (χ0v) is 17.3. The Morgan fingerprint density at radius 1 is 1.04 bits per heavy atom. The zero-order valence-electron chi connectivity index (χ0n) is 15.8. The fourth-order valence-corrected chi connectivity index (χ4v) is 3.35. The van der Waals surface area contributed by atoms with Gasteiger partial charge in [0.05, 0.1) is 23.4 Å². The molecule has 8 nitrogen and oxygen atoms in total. The van der Waals surface area contributed by atoms with Crippen LogP contribution in [0.3, 0.4) is 0 Å². The normalized spacial score (nSPS) is 11.2. The Kier molecular flexibility index (Phi) is 6.65. The van der Waals surface area contributed by atoms with Gasteiger partial charge in [-0.15, -0.1) is 0 Å². The maximum Gasteiger partial charge on any atom is 0.339 e. The Morgan fingerprint density at radius 3 is 2.18 bits per heavy atom. The molecule has 0 saturated heterocycles. The smallest absolute Gasteiger partial charge is 0.339 e. The lowest BCUT2D eigenvalue weighted by molar-refractivity contribution is 0.0600. The summed E-state index contributed by atoms with van der Waals surface area (Å²) in [5.41, 5.74) is 1.22. The minimum atomic E-state index is -3.62. The third-order valence-electron chi connectivity index (χ3n) is 3.93. The van der Waals surface area contributed by atoms with E-state index in [1.807, 2.05) is 0 Å². The van der Waals surface area contributed by atoms with E-state index in [2.05, 4.69) is 10.1 Å². The predicted octanol–water partition coefficient (Wildman–Crippen LogP) is 2.62. The van der Waals surface area contributed by atoms with Gasteiger partial charge in [-0.05, 0) is 42.5 Å². The van der Waals surface area contributed by atoms with Gasteiger partial charge in [0.25, 0.3) is 5.91 Å². The number of ether oxygens (including phenoxy) is 1. The molecule has 0 saturated carbocycles. The van der Waals surface area contributed by atoms with Gasteiger partial charge in [0.2, 0.25) is 0 Å². The molecule has 0 fully saturated rings. The largest absolute Gasteiger partial charge is 0.465 e. The van der Waals surface area contributed by atoms with E-state index in [1.54, 1.807) is 6.07 Å². The van der Waals surface area contributed by atoms with Crippen LogP contribution in [0.25, 0.3) is 0 Å². The van der Waals surface area contributed by atoms with Crippen molar-refractivity contribution in [2.75, 3.05) is 37.9 Å². The average Bonchev–Trinajstić information content (AvgIpc) is 2.68. The lowest BCUT2D eigenvalue weighted by Crippen LogP contribution is -2.37. The van der Waals surface area contributed by atoms with E-state index in [0.717, 1.165) is 8.61 Å².